The van der Waals surface area contributed by atoms with Crippen LogP contribution in [-0.2, 0) is 7.05 Å². The number of amides is 1. The summed E-state index contributed by atoms with van der Waals surface area (Å²) in [5.74, 6) is 0.294. The molecule has 0 atom stereocenters. The largest absolute Gasteiger partial charge is 0.364 e. The van der Waals surface area contributed by atoms with Crippen molar-refractivity contribution in [2.45, 2.75) is 0 Å². The van der Waals surface area contributed by atoms with Crippen molar-refractivity contribution in [2.75, 3.05) is 5.32 Å². The first-order chi connectivity index (χ1) is 13.9. The van der Waals surface area contributed by atoms with Gasteiger partial charge in [-0.15, -0.1) is 20.1 Å². The summed E-state index contributed by atoms with van der Waals surface area (Å²) < 4.78 is 1.52. The fraction of sp³-hybridized carbons (Fsp3) is 0.0625. The van der Waals surface area contributed by atoms with Crippen molar-refractivity contribution in [3.8, 4) is 17.1 Å². The second-order valence-corrected chi connectivity index (χ2v) is 6.62. The number of carbonyl (C=O) groups excluding carboxylic acids is 1. The Morgan fingerprint density at radius 3 is 2.48 bits per heavy atom. The van der Waals surface area contributed by atoms with Crippen LogP contribution in [-0.4, -0.2) is 46.1 Å². The van der Waals surface area contributed by atoms with Gasteiger partial charge in [0.05, 0.1) is 10.0 Å². The number of anilines is 2. The van der Waals surface area contributed by atoms with Gasteiger partial charge in [-0.1, -0.05) is 29.3 Å². The van der Waals surface area contributed by atoms with Crippen LogP contribution in [0.3, 0.4) is 0 Å². The summed E-state index contributed by atoms with van der Waals surface area (Å²) in [5.41, 5.74) is 6.38. The molecule has 0 radical (unpaired) electrons. The molecule has 3 aromatic heterocycles. The number of primary amides is 1. The standard InChI is InChI=1S/C16H12Cl2N10O/c1-27-16(22-25-26-27)8-5-6-11(20-7-8)21-15-12(14(19)29)23-28(24-15)13-9(17)3-2-4-10(13)18/h2-7H,1H3,(H2,19,29)(H,20,21,24). The zero-order chi connectivity index (χ0) is 20.5. The van der Waals surface area contributed by atoms with E-state index in [-0.39, 0.29) is 11.5 Å². The van der Waals surface area contributed by atoms with E-state index in [0.717, 1.165) is 4.80 Å². The Labute approximate surface area is 173 Å². The zero-order valence-corrected chi connectivity index (χ0v) is 16.3. The monoisotopic (exact) mass is 430 g/mol. The maximum Gasteiger partial charge on any atom is 0.273 e. The number of aromatic nitrogens is 8. The SMILES string of the molecule is Cn1nnnc1-c1ccc(Nc2nn(-c3c(Cl)cccc3Cl)nc2C(N)=O)nc1. The van der Waals surface area contributed by atoms with Gasteiger partial charge in [-0.3, -0.25) is 4.79 Å². The highest BCUT2D eigenvalue weighted by molar-refractivity contribution is 6.37. The lowest BCUT2D eigenvalue weighted by Gasteiger charge is -2.05. The van der Waals surface area contributed by atoms with Crippen LogP contribution in [0.15, 0.2) is 36.5 Å². The van der Waals surface area contributed by atoms with E-state index in [4.69, 9.17) is 28.9 Å². The number of aryl methyl sites for hydroxylation is 1. The molecule has 0 saturated carbocycles. The summed E-state index contributed by atoms with van der Waals surface area (Å²) in [6.45, 7) is 0. The molecule has 0 aliphatic heterocycles. The number of nitrogens with zero attached hydrogens (tertiary/aromatic N) is 8. The van der Waals surface area contributed by atoms with Crippen molar-refractivity contribution in [2.24, 2.45) is 12.8 Å². The van der Waals surface area contributed by atoms with E-state index in [2.05, 4.69) is 36.0 Å². The van der Waals surface area contributed by atoms with Crippen molar-refractivity contribution >= 4 is 40.7 Å². The first kappa shape index (κ1) is 18.8. The van der Waals surface area contributed by atoms with Gasteiger partial charge in [-0.2, -0.15) is 0 Å². The summed E-state index contributed by atoms with van der Waals surface area (Å²) in [6, 6.07) is 8.39. The Morgan fingerprint density at radius 1 is 1.14 bits per heavy atom. The second kappa shape index (κ2) is 7.45. The second-order valence-electron chi connectivity index (χ2n) is 5.80. The topological polar surface area (TPSA) is 142 Å². The summed E-state index contributed by atoms with van der Waals surface area (Å²) in [7, 11) is 1.72. The molecule has 3 heterocycles. The van der Waals surface area contributed by atoms with Crippen LogP contribution in [0.4, 0.5) is 11.6 Å². The van der Waals surface area contributed by atoms with Gasteiger partial charge in [-0.25, -0.2) is 9.67 Å². The van der Waals surface area contributed by atoms with Gasteiger partial charge in [-0.05, 0) is 34.7 Å². The zero-order valence-electron chi connectivity index (χ0n) is 14.8. The molecule has 4 aromatic rings. The third kappa shape index (κ3) is 3.60. The molecule has 0 aliphatic rings. The lowest BCUT2D eigenvalue weighted by molar-refractivity contribution is 0.0996. The highest BCUT2D eigenvalue weighted by Crippen LogP contribution is 2.28. The van der Waals surface area contributed by atoms with Crippen LogP contribution >= 0.6 is 23.2 Å². The van der Waals surface area contributed by atoms with E-state index in [1.165, 1.54) is 4.68 Å². The highest BCUT2D eigenvalue weighted by atomic mass is 35.5. The molecule has 1 aromatic carbocycles. The van der Waals surface area contributed by atoms with E-state index in [9.17, 15) is 4.79 Å². The van der Waals surface area contributed by atoms with Crippen LogP contribution in [0, 0.1) is 0 Å². The third-order valence-corrected chi connectivity index (χ3v) is 4.48. The molecule has 13 heteroatoms. The van der Waals surface area contributed by atoms with Gasteiger partial charge < -0.3 is 11.1 Å². The number of para-hydroxylation sites is 1. The van der Waals surface area contributed by atoms with Crippen LogP contribution in [0.25, 0.3) is 17.1 Å². The average molecular weight is 431 g/mol. The molecule has 29 heavy (non-hydrogen) atoms. The predicted molar refractivity (Wildman–Crippen MR) is 105 cm³/mol. The van der Waals surface area contributed by atoms with E-state index < -0.39 is 5.91 Å². The van der Waals surface area contributed by atoms with Gasteiger partial charge in [0.15, 0.2) is 17.3 Å². The number of nitrogens with two attached hydrogens (primary N) is 1. The molecule has 0 bridgehead atoms. The van der Waals surface area contributed by atoms with Crippen molar-refractivity contribution in [3.05, 3.63) is 52.3 Å². The summed E-state index contributed by atoms with van der Waals surface area (Å²) >= 11 is 12.4. The lowest BCUT2D eigenvalue weighted by atomic mass is 10.2. The van der Waals surface area contributed by atoms with Crippen molar-refractivity contribution in [1.82, 2.24) is 40.2 Å². The summed E-state index contributed by atoms with van der Waals surface area (Å²) in [4.78, 5) is 17.3. The number of hydrogen-bond donors (Lipinski definition) is 2. The average Bonchev–Trinajstić information content (AvgIpc) is 3.29. The molecular weight excluding hydrogens is 419 g/mol. The van der Waals surface area contributed by atoms with Crippen LogP contribution in [0.1, 0.15) is 10.5 Å². The minimum Gasteiger partial charge on any atom is -0.364 e. The number of rotatable bonds is 5. The molecule has 11 nitrogen and oxygen atoms in total. The van der Waals surface area contributed by atoms with E-state index >= 15 is 0 Å². The van der Waals surface area contributed by atoms with Crippen LogP contribution < -0.4 is 11.1 Å². The molecular formula is C16H12Cl2N10O. The number of pyridine rings is 1. The van der Waals surface area contributed by atoms with Crippen LogP contribution in [0.5, 0.6) is 0 Å². The highest BCUT2D eigenvalue weighted by Gasteiger charge is 2.20. The quantitative estimate of drug-likeness (QED) is 0.489. The van der Waals surface area contributed by atoms with Gasteiger partial charge in [0.1, 0.15) is 11.5 Å². The maximum absolute atomic E-state index is 11.8. The Hall–Kier alpha value is -3.57. The minimum absolute atomic E-state index is 0.0932. The molecule has 0 unspecified atom stereocenters. The number of tetrazole rings is 1. The van der Waals surface area contributed by atoms with Gasteiger partial charge in [0, 0.05) is 18.8 Å². The minimum atomic E-state index is -0.774. The van der Waals surface area contributed by atoms with Gasteiger partial charge in [0.2, 0.25) is 0 Å². The molecule has 0 fully saturated rings. The third-order valence-electron chi connectivity index (χ3n) is 3.87. The fourth-order valence-corrected chi connectivity index (χ4v) is 3.08. The number of hydrogen-bond acceptors (Lipinski definition) is 8. The van der Waals surface area contributed by atoms with E-state index in [0.29, 0.717) is 32.9 Å². The Morgan fingerprint density at radius 2 is 1.90 bits per heavy atom. The van der Waals surface area contributed by atoms with E-state index in [1.807, 2.05) is 0 Å². The van der Waals surface area contributed by atoms with E-state index in [1.54, 1.807) is 43.6 Å². The maximum atomic E-state index is 11.8. The van der Waals surface area contributed by atoms with Crippen molar-refractivity contribution < 1.29 is 4.79 Å². The summed E-state index contributed by atoms with van der Waals surface area (Å²) in [5, 5.41) is 23.2. The molecule has 0 aliphatic carbocycles. The predicted octanol–water partition coefficient (Wildman–Crippen LogP) is 2.00. The first-order valence-electron chi connectivity index (χ1n) is 8.11. The van der Waals surface area contributed by atoms with Crippen molar-refractivity contribution in [3.63, 3.8) is 0 Å². The van der Waals surface area contributed by atoms with Gasteiger partial charge in [0.25, 0.3) is 5.91 Å². The number of nitrogens with one attached hydrogen (secondary N) is 1. The Balaban J connectivity index is 1.67. The molecule has 1 amide bonds. The number of halogens is 2. The smallest absolute Gasteiger partial charge is 0.273 e. The van der Waals surface area contributed by atoms with Crippen LogP contribution in [0.2, 0.25) is 10.0 Å². The van der Waals surface area contributed by atoms with Crippen molar-refractivity contribution in [1.29, 1.82) is 0 Å². The van der Waals surface area contributed by atoms with Gasteiger partial charge >= 0.3 is 0 Å². The Kier molecular flexibility index (Phi) is 4.82. The lowest BCUT2D eigenvalue weighted by Crippen LogP contribution is -2.14. The molecule has 0 spiro atoms. The molecule has 4 rings (SSSR count). The first-order valence-corrected chi connectivity index (χ1v) is 8.87. The molecule has 146 valence electrons. The molecule has 0 saturated heterocycles. The normalized spacial score (nSPS) is 10.9. The Bertz CT molecular complexity index is 1180. The summed E-state index contributed by atoms with van der Waals surface area (Å²) in [6.07, 6.45) is 1.58. The fourth-order valence-electron chi connectivity index (χ4n) is 2.53. The number of benzene rings is 1. The molecule has 3 N–H and O–H groups in total. The number of carbonyl (C=O) groups is 1.